The van der Waals surface area contributed by atoms with Crippen molar-refractivity contribution in [2.75, 3.05) is 20.3 Å². The summed E-state index contributed by atoms with van der Waals surface area (Å²) >= 11 is 0. The first kappa shape index (κ1) is 22.1. The van der Waals surface area contributed by atoms with E-state index in [2.05, 4.69) is 30.5 Å². The molecule has 2 N–H and O–H groups in total. The third-order valence-corrected chi connectivity index (χ3v) is 5.93. The van der Waals surface area contributed by atoms with Crippen LogP contribution in [0, 0.1) is 0 Å². The molecule has 2 aromatic carbocycles. The molecule has 1 unspecified atom stereocenters. The zero-order valence-electron chi connectivity index (χ0n) is 18.9. The summed E-state index contributed by atoms with van der Waals surface area (Å²) in [5.74, 6) is 0.474. The van der Waals surface area contributed by atoms with E-state index in [1.807, 2.05) is 12.1 Å². The van der Waals surface area contributed by atoms with Gasteiger partial charge in [0.25, 0.3) is 5.91 Å². The SMILES string of the molecule is COc1ccc2c(c1)C(=CC(=O)c1ccc(C(=O)NCC3CCCO3)cc1)NC(C)(C)C2. The van der Waals surface area contributed by atoms with Gasteiger partial charge in [0, 0.05) is 47.2 Å². The van der Waals surface area contributed by atoms with Crippen molar-refractivity contribution in [1.82, 2.24) is 10.6 Å². The van der Waals surface area contributed by atoms with Gasteiger partial charge < -0.3 is 20.1 Å². The fraction of sp³-hybridized carbons (Fsp3) is 0.385. The summed E-state index contributed by atoms with van der Waals surface area (Å²) in [6.07, 6.45) is 4.60. The third-order valence-electron chi connectivity index (χ3n) is 5.93. The van der Waals surface area contributed by atoms with Gasteiger partial charge in [-0.05, 0) is 62.9 Å². The first-order chi connectivity index (χ1) is 15.3. The summed E-state index contributed by atoms with van der Waals surface area (Å²) in [6.45, 7) is 5.50. The average Bonchev–Trinajstić information content (AvgIpc) is 3.30. The molecule has 0 radical (unpaired) electrons. The van der Waals surface area contributed by atoms with Crippen molar-refractivity contribution in [2.24, 2.45) is 0 Å². The molecule has 6 nitrogen and oxygen atoms in total. The Morgan fingerprint density at radius 2 is 1.94 bits per heavy atom. The van der Waals surface area contributed by atoms with E-state index in [0.717, 1.165) is 42.9 Å². The molecule has 32 heavy (non-hydrogen) atoms. The summed E-state index contributed by atoms with van der Waals surface area (Å²) < 4.78 is 10.9. The number of carbonyl (C=O) groups excluding carboxylic acids is 2. The summed E-state index contributed by atoms with van der Waals surface area (Å²) in [5.41, 5.74) is 3.81. The fourth-order valence-electron chi connectivity index (χ4n) is 4.27. The molecule has 168 valence electrons. The van der Waals surface area contributed by atoms with Crippen molar-refractivity contribution < 1.29 is 19.1 Å². The molecular formula is C26H30N2O4. The number of hydrogen-bond acceptors (Lipinski definition) is 5. The minimum atomic E-state index is -0.168. The molecule has 1 amide bonds. The van der Waals surface area contributed by atoms with Crippen LogP contribution in [0.5, 0.6) is 5.75 Å². The Bertz CT molecular complexity index is 1030. The normalized spacial score (nSPS) is 20.3. The monoisotopic (exact) mass is 434 g/mol. The van der Waals surface area contributed by atoms with E-state index in [1.165, 1.54) is 5.56 Å². The van der Waals surface area contributed by atoms with Gasteiger partial charge in [0.2, 0.25) is 0 Å². The predicted molar refractivity (Wildman–Crippen MR) is 124 cm³/mol. The van der Waals surface area contributed by atoms with Gasteiger partial charge in [-0.3, -0.25) is 9.59 Å². The Morgan fingerprint density at radius 3 is 2.62 bits per heavy atom. The molecule has 2 aliphatic heterocycles. The van der Waals surface area contributed by atoms with E-state index < -0.39 is 0 Å². The van der Waals surface area contributed by atoms with Crippen LogP contribution in [0.25, 0.3) is 5.70 Å². The summed E-state index contributed by atoms with van der Waals surface area (Å²) in [7, 11) is 1.63. The smallest absolute Gasteiger partial charge is 0.251 e. The highest BCUT2D eigenvalue weighted by Crippen LogP contribution is 2.32. The number of allylic oxidation sites excluding steroid dienone is 1. The Hall–Kier alpha value is -3.12. The van der Waals surface area contributed by atoms with Crippen molar-refractivity contribution in [3.05, 3.63) is 70.8 Å². The van der Waals surface area contributed by atoms with Crippen molar-refractivity contribution in [2.45, 2.75) is 44.8 Å². The lowest BCUT2D eigenvalue weighted by Crippen LogP contribution is -2.43. The van der Waals surface area contributed by atoms with Crippen LogP contribution in [0.2, 0.25) is 0 Å². The lowest BCUT2D eigenvalue weighted by atomic mass is 9.85. The topological polar surface area (TPSA) is 76.7 Å². The molecular weight excluding hydrogens is 404 g/mol. The van der Waals surface area contributed by atoms with E-state index in [-0.39, 0.29) is 23.3 Å². The molecule has 0 aliphatic carbocycles. The maximum absolute atomic E-state index is 13.0. The first-order valence-corrected chi connectivity index (χ1v) is 11.1. The van der Waals surface area contributed by atoms with E-state index >= 15 is 0 Å². The van der Waals surface area contributed by atoms with Crippen molar-refractivity contribution in [1.29, 1.82) is 0 Å². The minimum absolute atomic E-state index is 0.0974. The highest BCUT2D eigenvalue weighted by atomic mass is 16.5. The summed E-state index contributed by atoms with van der Waals surface area (Å²) in [5, 5.41) is 6.39. The zero-order valence-corrected chi connectivity index (χ0v) is 18.9. The van der Waals surface area contributed by atoms with Gasteiger partial charge in [-0.1, -0.05) is 18.2 Å². The first-order valence-electron chi connectivity index (χ1n) is 11.1. The maximum Gasteiger partial charge on any atom is 0.251 e. The molecule has 1 saturated heterocycles. The Morgan fingerprint density at radius 1 is 1.19 bits per heavy atom. The maximum atomic E-state index is 13.0. The zero-order chi connectivity index (χ0) is 22.7. The Balaban J connectivity index is 1.50. The molecule has 4 rings (SSSR count). The second kappa shape index (κ2) is 9.17. The number of carbonyl (C=O) groups is 2. The molecule has 6 heteroatoms. The Kier molecular flexibility index (Phi) is 6.33. The van der Waals surface area contributed by atoms with Gasteiger partial charge in [0.1, 0.15) is 5.75 Å². The molecule has 0 spiro atoms. The van der Waals surface area contributed by atoms with Crippen LogP contribution in [0.4, 0.5) is 0 Å². The van der Waals surface area contributed by atoms with Crippen LogP contribution >= 0.6 is 0 Å². The van der Waals surface area contributed by atoms with Gasteiger partial charge in [-0.15, -0.1) is 0 Å². The number of ketones is 1. The van der Waals surface area contributed by atoms with Crippen LogP contribution in [0.15, 0.2) is 48.5 Å². The van der Waals surface area contributed by atoms with Crippen molar-refractivity contribution >= 4 is 17.4 Å². The van der Waals surface area contributed by atoms with Gasteiger partial charge in [0.15, 0.2) is 5.78 Å². The standard InChI is InChI=1S/C26H30N2O4/c1-26(2)15-19-10-11-20(31-3)13-22(19)23(28-26)14-24(29)17-6-8-18(9-7-17)25(30)27-16-21-5-4-12-32-21/h6-11,13-14,21,28H,4-5,12,15-16H2,1-3H3,(H,27,30). The molecule has 1 fully saturated rings. The molecule has 2 aromatic rings. The fourth-order valence-corrected chi connectivity index (χ4v) is 4.27. The average molecular weight is 435 g/mol. The van der Waals surface area contributed by atoms with Crippen LogP contribution in [-0.4, -0.2) is 43.6 Å². The molecule has 0 bridgehead atoms. The highest BCUT2D eigenvalue weighted by molar-refractivity contribution is 6.09. The summed E-state index contributed by atoms with van der Waals surface area (Å²) in [6, 6.07) is 12.7. The lowest BCUT2D eigenvalue weighted by Gasteiger charge is -2.35. The molecule has 2 aliphatic rings. The highest BCUT2D eigenvalue weighted by Gasteiger charge is 2.28. The number of ether oxygens (including phenoxy) is 2. The lowest BCUT2D eigenvalue weighted by molar-refractivity contribution is 0.0857. The molecule has 1 atom stereocenters. The quantitative estimate of drug-likeness (QED) is 0.535. The summed E-state index contributed by atoms with van der Waals surface area (Å²) in [4.78, 5) is 25.4. The van der Waals surface area contributed by atoms with Crippen LogP contribution in [-0.2, 0) is 11.2 Å². The number of methoxy groups -OCH3 is 1. The van der Waals surface area contributed by atoms with Gasteiger partial charge in [-0.25, -0.2) is 0 Å². The number of hydrogen-bond donors (Lipinski definition) is 2. The van der Waals surface area contributed by atoms with Crippen molar-refractivity contribution in [3.8, 4) is 5.75 Å². The number of benzene rings is 2. The number of nitrogens with one attached hydrogen (secondary N) is 2. The van der Waals surface area contributed by atoms with E-state index in [9.17, 15) is 9.59 Å². The third kappa shape index (κ3) is 5.02. The number of rotatable bonds is 6. The number of fused-ring (bicyclic) bond motifs is 1. The van der Waals surface area contributed by atoms with Crippen LogP contribution < -0.4 is 15.4 Å². The number of amides is 1. The molecule has 0 aromatic heterocycles. The van der Waals surface area contributed by atoms with Crippen molar-refractivity contribution in [3.63, 3.8) is 0 Å². The van der Waals surface area contributed by atoms with Gasteiger partial charge in [-0.2, -0.15) is 0 Å². The van der Waals surface area contributed by atoms with Gasteiger partial charge >= 0.3 is 0 Å². The minimum Gasteiger partial charge on any atom is -0.497 e. The largest absolute Gasteiger partial charge is 0.497 e. The second-order valence-corrected chi connectivity index (χ2v) is 9.05. The van der Waals surface area contributed by atoms with E-state index in [1.54, 1.807) is 37.5 Å². The van der Waals surface area contributed by atoms with E-state index in [0.29, 0.717) is 17.7 Å². The molecule has 2 heterocycles. The second-order valence-electron chi connectivity index (χ2n) is 9.05. The predicted octanol–water partition coefficient (Wildman–Crippen LogP) is 3.75. The van der Waals surface area contributed by atoms with Crippen LogP contribution in [0.3, 0.4) is 0 Å². The van der Waals surface area contributed by atoms with Gasteiger partial charge in [0.05, 0.1) is 13.2 Å². The molecule has 0 saturated carbocycles. The Labute approximate surface area is 189 Å². The van der Waals surface area contributed by atoms with Crippen LogP contribution in [0.1, 0.15) is 58.5 Å². The van der Waals surface area contributed by atoms with E-state index in [4.69, 9.17) is 9.47 Å².